The number of alkyl halides is 1. The molecule has 2 fully saturated rings. The Bertz CT molecular complexity index is 614. The fourth-order valence-corrected chi connectivity index (χ4v) is 2.86. The fraction of sp³-hybridized carbons (Fsp3) is 0.385. The van der Waals surface area contributed by atoms with Crippen LogP contribution in [-0.2, 0) is 4.79 Å². The molecule has 3 rings (SSSR count). The lowest BCUT2D eigenvalue weighted by Gasteiger charge is -2.28. The Balaban J connectivity index is 1.79. The molecule has 0 bridgehead atoms. The number of carbonyl (C=O) groups is 2. The Labute approximate surface area is 124 Å². The van der Waals surface area contributed by atoms with Gasteiger partial charge in [-0.3, -0.25) is 14.9 Å². The number of imide groups is 1. The van der Waals surface area contributed by atoms with E-state index in [1.807, 2.05) is 4.90 Å². The first-order valence-electron chi connectivity index (χ1n) is 6.59. The minimum absolute atomic E-state index is 0.312. The smallest absolute Gasteiger partial charge is 0.290 e. The van der Waals surface area contributed by atoms with Crippen molar-refractivity contribution in [1.29, 1.82) is 0 Å². The topological polar surface area (TPSA) is 75.2 Å². The molecule has 2 amide bonds. The lowest BCUT2D eigenvalue weighted by molar-refractivity contribution is -0.115. The summed E-state index contributed by atoms with van der Waals surface area (Å²) in [5, 5.41) is 1.81. The van der Waals surface area contributed by atoms with Crippen molar-refractivity contribution in [1.82, 2.24) is 15.3 Å². The molecule has 0 radical (unpaired) electrons. The maximum absolute atomic E-state index is 13.1. The van der Waals surface area contributed by atoms with Gasteiger partial charge in [-0.15, -0.1) is 0 Å². The Hall–Kier alpha value is -1.96. The van der Waals surface area contributed by atoms with Crippen molar-refractivity contribution in [3.05, 3.63) is 22.9 Å². The van der Waals surface area contributed by atoms with Crippen LogP contribution in [0.3, 0.4) is 0 Å². The third kappa shape index (κ3) is 3.21. The van der Waals surface area contributed by atoms with Gasteiger partial charge in [-0.25, -0.2) is 14.4 Å². The van der Waals surface area contributed by atoms with Crippen molar-refractivity contribution >= 4 is 34.9 Å². The molecule has 0 saturated carbocycles. The van der Waals surface area contributed by atoms with Gasteiger partial charge in [0, 0.05) is 19.3 Å². The molecule has 0 aliphatic carbocycles. The number of hydrogen-bond acceptors (Lipinski definition) is 6. The van der Waals surface area contributed by atoms with Gasteiger partial charge >= 0.3 is 0 Å². The summed E-state index contributed by atoms with van der Waals surface area (Å²) in [6, 6.07) is 1.66. The molecule has 2 aliphatic heterocycles. The standard InChI is InChI=1S/C13H13FN4O2S/c14-8-2-5-18(6-3-8)12-15-4-1-9(16-12)7-10-11(19)17-13(20)21-10/h1,4,7-8H,2-3,5-6H2,(H,17,19,20). The maximum Gasteiger partial charge on any atom is 0.290 e. The Morgan fingerprint density at radius 2 is 2.14 bits per heavy atom. The summed E-state index contributed by atoms with van der Waals surface area (Å²) >= 11 is 0.848. The van der Waals surface area contributed by atoms with E-state index in [1.165, 1.54) is 0 Å². The number of amides is 2. The third-order valence-corrected chi connectivity index (χ3v) is 4.10. The molecule has 0 unspecified atom stereocenters. The summed E-state index contributed by atoms with van der Waals surface area (Å²) in [5.41, 5.74) is 0.551. The average Bonchev–Trinajstić information content (AvgIpc) is 2.78. The predicted octanol–water partition coefficient (Wildman–Crippen LogP) is 1.74. The van der Waals surface area contributed by atoms with E-state index in [9.17, 15) is 14.0 Å². The van der Waals surface area contributed by atoms with Crippen LogP contribution in [0.25, 0.3) is 6.08 Å². The molecule has 0 spiro atoms. The van der Waals surface area contributed by atoms with E-state index in [1.54, 1.807) is 18.3 Å². The molecule has 1 aromatic rings. The number of thioether (sulfide) groups is 1. The van der Waals surface area contributed by atoms with Crippen molar-refractivity contribution in [3.63, 3.8) is 0 Å². The van der Waals surface area contributed by atoms with Gasteiger partial charge in [0.05, 0.1) is 10.6 Å². The molecule has 2 saturated heterocycles. The zero-order chi connectivity index (χ0) is 14.8. The quantitative estimate of drug-likeness (QED) is 0.839. The van der Waals surface area contributed by atoms with E-state index < -0.39 is 12.1 Å². The van der Waals surface area contributed by atoms with Crippen molar-refractivity contribution < 1.29 is 14.0 Å². The van der Waals surface area contributed by atoms with Gasteiger partial charge in [-0.2, -0.15) is 0 Å². The normalized spacial score (nSPS) is 22.0. The first-order valence-corrected chi connectivity index (χ1v) is 7.40. The van der Waals surface area contributed by atoms with E-state index in [0.29, 0.717) is 42.5 Å². The number of halogens is 1. The lowest BCUT2D eigenvalue weighted by Crippen LogP contribution is -2.35. The summed E-state index contributed by atoms with van der Waals surface area (Å²) in [6.45, 7) is 1.16. The molecule has 21 heavy (non-hydrogen) atoms. The highest BCUT2D eigenvalue weighted by molar-refractivity contribution is 8.18. The maximum atomic E-state index is 13.1. The van der Waals surface area contributed by atoms with Crippen LogP contribution < -0.4 is 10.2 Å². The highest BCUT2D eigenvalue weighted by Crippen LogP contribution is 2.25. The number of nitrogens with zero attached hydrogens (tertiary/aromatic N) is 3. The van der Waals surface area contributed by atoms with Crippen LogP contribution in [0, 0.1) is 0 Å². The van der Waals surface area contributed by atoms with Crippen LogP contribution in [0.15, 0.2) is 17.2 Å². The van der Waals surface area contributed by atoms with Gasteiger partial charge in [0.1, 0.15) is 6.17 Å². The second kappa shape index (κ2) is 5.80. The summed E-state index contributed by atoms with van der Waals surface area (Å²) < 4.78 is 13.1. The minimum Gasteiger partial charge on any atom is -0.341 e. The SMILES string of the molecule is O=C1NC(=O)C(=Cc2ccnc(N3CCC(F)CC3)n2)S1. The molecule has 6 nitrogen and oxygen atoms in total. The lowest BCUT2D eigenvalue weighted by atomic mass is 10.1. The van der Waals surface area contributed by atoms with Crippen molar-refractivity contribution in [2.24, 2.45) is 0 Å². The molecule has 8 heteroatoms. The first-order chi connectivity index (χ1) is 10.1. The second-order valence-electron chi connectivity index (χ2n) is 4.80. The molecule has 1 N–H and O–H groups in total. The first kappa shape index (κ1) is 14.0. The molecular formula is C13H13FN4O2S. The van der Waals surface area contributed by atoms with E-state index in [0.717, 1.165) is 11.8 Å². The molecule has 110 valence electrons. The molecular weight excluding hydrogens is 295 g/mol. The van der Waals surface area contributed by atoms with Gasteiger partial charge in [-0.1, -0.05) is 0 Å². The van der Waals surface area contributed by atoms with Crippen LogP contribution in [-0.4, -0.2) is 40.4 Å². The van der Waals surface area contributed by atoms with E-state index in [4.69, 9.17) is 0 Å². The number of hydrogen-bond donors (Lipinski definition) is 1. The average molecular weight is 308 g/mol. The summed E-state index contributed by atoms with van der Waals surface area (Å²) in [6.07, 6.45) is 3.34. The molecule has 3 heterocycles. The van der Waals surface area contributed by atoms with Crippen molar-refractivity contribution in [2.75, 3.05) is 18.0 Å². The fourth-order valence-electron chi connectivity index (χ4n) is 2.20. The third-order valence-electron chi connectivity index (χ3n) is 3.29. The van der Waals surface area contributed by atoms with Crippen LogP contribution >= 0.6 is 11.8 Å². The summed E-state index contributed by atoms with van der Waals surface area (Å²) in [4.78, 5) is 33.4. The zero-order valence-electron chi connectivity index (χ0n) is 11.1. The number of piperidine rings is 1. The minimum atomic E-state index is -0.754. The van der Waals surface area contributed by atoms with Gasteiger partial charge in [0.2, 0.25) is 5.95 Å². The van der Waals surface area contributed by atoms with Gasteiger partial charge in [-0.05, 0) is 36.7 Å². The summed E-state index contributed by atoms with van der Waals surface area (Å²) in [7, 11) is 0. The number of anilines is 1. The zero-order valence-corrected chi connectivity index (χ0v) is 11.9. The Morgan fingerprint density at radius 3 is 2.81 bits per heavy atom. The molecule has 2 aliphatic rings. The van der Waals surface area contributed by atoms with Crippen LogP contribution in [0.2, 0.25) is 0 Å². The Kier molecular flexibility index (Phi) is 3.87. The van der Waals surface area contributed by atoms with Gasteiger partial charge < -0.3 is 4.90 Å². The number of rotatable bonds is 2. The number of aromatic nitrogens is 2. The van der Waals surface area contributed by atoms with Crippen molar-refractivity contribution in [3.8, 4) is 0 Å². The van der Waals surface area contributed by atoms with Crippen LogP contribution in [0.1, 0.15) is 18.5 Å². The van der Waals surface area contributed by atoms with Gasteiger partial charge in [0.15, 0.2) is 0 Å². The highest BCUT2D eigenvalue weighted by atomic mass is 32.2. The van der Waals surface area contributed by atoms with E-state index in [-0.39, 0.29) is 5.24 Å². The largest absolute Gasteiger partial charge is 0.341 e. The second-order valence-corrected chi connectivity index (χ2v) is 5.81. The predicted molar refractivity (Wildman–Crippen MR) is 77.5 cm³/mol. The highest BCUT2D eigenvalue weighted by Gasteiger charge is 2.25. The molecule has 1 aromatic heterocycles. The van der Waals surface area contributed by atoms with E-state index >= 15 is 0 Å². The van der Waals surface area contributed by atoms with Crippen LogP contribution in [0.4, 0.5) is 15.1 Å². The van der Waals surface area contributed by atoms with Crippen molar-refractivity contribution in [2.45, 2.75) is 19.0 Å². The van der Waals surface area contributed by atoms with Crippen LogP contribution in [0.5, 0.6) is 0 Å². The molecule has 0 atom stereocenters. The summed E-state index contributed by atoms with van der Waals surface area (Å²) in [5.74, 6) is 0.106. The number of carbonyl (C=O) groups excluding carboxylic acids is 2. The number of nitrogens with one attached hydrogen (secondary N) is 1. The van der Waals surface area contributed by atoms with E-state index in [2.05, 4.69) is 15.3 Å². The molecule has 0 aromatic carbocycles. The monoisotopic (exact) mass is 308 g/mol. The van der Waals surface area contributed by atoms with Gasteiger partial charge in [0.25, 0.3) is 11.1 Å². The Morgan fingerprint density at radius 1 is 1.38 bits per heavy atom.